The van der Waals surface area contributed by atoms with Gasteiger partial charge in [-0.05, 0) is 0 Å². The molecule has 132 valence electrons. The number of ketones is 1. The van der Waals surface area contributed by atoms with E-state index < -0.39 is 62.2 Å². The number of aliphatic hydroxyl groups excluding tert-OH is 9. The molecule has 0 amide bonds. The minimum Gasteiger partial charge on any atom is -0.394 e. The van der Waals surface area contributed by atoms with Gasteiger partial charge in [0.1, 0.15) is 43.2 Å². The van der Waals surface area contributed by atoms with Crippen LogP contribution < -0.4 is 0 Å². The fourth-order valence-corrected chi connectivity index (χ4v) is 1.03. The van der Waals surface area contributed by atoms with E-state index >= 15 is 0 Å². The molecule has 0 aromatic rings. The average molecular weight is 330 g/mol. The van der Waals surface area contributed by atoms with Gasteiger partial charge in [-0.15, -0.1) is 0 Å². The number of Topliss-reactive ketones (excluding diaryl/α,β-unsaturated/α-hetero) is 1. The third-order valence-electron chi connectivity index (χ3n) is 2.46. The maximum atomic E-state index is 10.3. The second-order valence-electron chi connectivity index (χ2n) is 4.18. The predicted octanol–water partition coefficient (Wildman–Crippen LogP) is -6.12. The minimum absolute atomic E-state index is 0.0258. The molecule has 0 bridgehead atoms. The molecular formula is C11H22O11. The van der Waals surface area contributed by atoms with Crippen LogP contribution in [0.4, 0.5) is 0 Å². The molecule has 0 saturated heterocycles. The van der Waals surface area contributed by atoms with Gasteiger partial charge in [-0.25, -0.2) is 0 Å². The van der Waals surface area contributed by atoms with Gasteiger partial charge in [0.25, 0.3) is 0 Å². The van der Waals surface area contributed by atoms with Gasteiger partial charge in [0.2, 0.25) is 0 Å². The molecule has 0 aromatic heterocycles. The van der Waals surface area contributed by atoms with Crippen LogP contribution in [0.1, 0.15) is 0 Å². The summed E-state index contributed by atoms with van der Waals surface area (Å²) < 4.78 is 0. The lowest BCUT2D eigenvalue weighted by atomic mass is 10.0. The largest absolute Gasteiger partial charge is 0.394 e. The van der Waals surface area contributed by atoms with Crippen molar-refractivity contribution in [3.8, 4) is 0 Å². The maximum absolute atomic E-state index is 10.3. The van der Waals surface area contributed by atoms with Crippen LogP contribution in [0.2, 0.25) is 0 Å². The number of carbonyl (C=O) groups excluding carboxylic acids is 2. The molecule has 0 radical (unpaired) electrons. The summed E-state index contributed by atoms with van der Waals surface area (Å²) in [7, 11) is 0. The molecule has 11 heteroatoms. The summed E-state index contributed by atoms with van der Waals surface area (Å²) in [6.45, 7) is -2.30. The Labute approximate surface area is 125 Å². The van der Waals surface area contributed by atoms with Crippen LogP contribution in [0.15, 0.2) is 0 Å². The first-order valence-corrected chi connectivity index (χ1v) is 6.06. The van der Waals surface area contributed by atoms with E-state index in [-0.39, 0.29) is 6.29 Å². The Hall–Kier alpha value is -1.02. The summed E-state index contributed by atoms with van der Waals surface area (Å²) in [6.07, 6.45) is -10.0. The number of aliphatic hydroxyl groups is 9. The Balaban J connectivity index is 0. The SMILES string of the molecule is O=C(CO)[C@@H](O)[C@H](O)CO.O=C[C@H](O)[C@@H](O)[C@H](O)[C@H](O)CO. The number of hydrogen-bond donors (Lipinski definition) is 9. The fraction of sp³-hybridized carbons (Fsp3) is 0.818. The Morgan fingerprint density at radius 3 is 1.59 bits per heavy atom. The van der Waals surface area contributed by atoms with Crippen molar-refractivity contribution in [3.63, 3.8) is 0 Å². The summed E-state index contributed by atoms with van der Waals surface area (Å²) in [6, 6.07) is 0. The van der Waals surface area contributed by atoms with Crippen LogP contribution in [0.25, 0.3) is 0 Å². The van der Waals surface area contributed by atoms with Crippen molar-refractivity contribution >= 4 is 12.1 Å². The number of carbonyl (C=O) groups is 2. The first kappa shape index (κ1) is 23.2. The lowest BCUT2D eigenvalue weighted by Gasteiger charge is -2.22. The van der Waals surface area contributed by atoms with Crippen LogP contribution in [-0.4, -0.2) is 114 Å². The third kappa shape index (κ3) is 8.43. The maximum Gasteiger partial charge on any atom is 0.189 e. The molecule has 22 heavy (non-hydrogen) atoms. The van der Waals surface area contributed by atoms with Crippen LogP contribution >= 0.6 is 0 Å². The quantitative estimate of drug-likeness (QED) is 0.181. The zero-order valence-corrected chi connectivity index (χ0v) is 11.5. The van der Waals surface area contributed by atoms with Gasteiger partial charge in [-0.1, -0.05) is 0 Å². The Bertz CT molecular complexity index is 310. The van der Waals surface area contributed by atoms with Crippen molar-refractivity contribution in [1.82, 2.24) is 0 Å². The molecule has 0 fully saturated rings. The molecule has 0 aliphatic heterocycles. The predicted molar refractivity (Wildman–Crippen MR) is 68.4 cm³/mol. The van der Waals surface area contributed by atoms with E-state index in [0.717, 1.165) is 0 Å². The second kappa shape index (κ2) is 12.5. The van der Waals surface area contributed by atoms with Gasteiger partial charge >= 0.3 is 0 Å². The second-order valence-corrected chi connectivity index (χ2v) is 4.18. The van der Waals surface area contributed by atoms with Crippen molar-refractivity contribution in [1.29, 1.82) is 0 Å². The number of aldehydes is 1. The third-order valence-corrected chi connectivity index (χ3v) is 2.46. The van der Waals surface area contributed by atoms with Gasteiger partial charge in [0.05, 0.1) is 13.2 Å². The summed E-state index contributed by atoms with van der Waals surface area (Å²) in [5, 5.41) is 77.2. The zero-order valence-electron chi connectivity index (χ0n) is 11.5. The Morgan fingerprint density at radius 2 is 1.27 bits per heavy atom. The summed E-state index contributed by atoms with van der Waals surface area (Å²) in [5.41, 5.74) is 0. The van der Waals surface area contributed by atoms with Crippen molar-refractivity contribution in [2.75, 3.05) is 19.8 Å². The highest BCUT2D eigenvalue weighted by Crippen LogP contribution is 2.02. The highest BCUT2D eigenvalue weighted by molar-refractivity contribution is 5.84. The monoisotopic (exact) mass is 330 g/mol. The lowest BCUT2D eigenvalue weighted by molar-refractivity contribution is -0.137. The topological polar surface area (TPSA) is 216 Å². The summed E-state index contributed by atoms with van der Waals surface area (Å²) in [5.74, 6) is -0.901. The van der Waals surface area contributed by atoms with Gasteiger partial charge in [-0.3, -0.25) is 4.79 Å². The van der Waals surface area contributed by atoms with Gasteiger partial charge in [-0.2, -0.15) is 0 Å². The van der Waals surface area contributed by atoms with Crippen molar-refractivity contribution in [3.05, 3.63) is 0 Å². The molecule has 0 rings (SSSR count). The molecule has 0 aliphatic rings. The van der Waals surface area contributed by atoms with E-state index in [1.165, 1.54) is 0 Å². The lowest BCUT2D eigenvalue weighted by Crippen LogP contribution is -2.46. The Kier molecular flexibility index (Phi) is 13.2. The van der Waals surface area contributed by atoms with Crippen molar-refractivity contribution < 1.29 is 55.5 Å². The first-order chi connectivity index (χ1) is 10.2. The number of rotatable bonds is 9. The van der Waals surface area contributed by atoms with E-state index in [1.807, 2.05) is 0 Å². The molecule has 9 N–H and O–H groups in total. The average Bonchev–Trinajstić information content (AvgIpc) is 2.56. The highest BCUT2D eigenvalue weighted by atomic mass is 16.4. The summed E-state index contributed by atoms with van der Waals surface area (Å²) in [4.78, 5) is 20.2. The zero-order chi connectivity index (χ0) is 17.9. The van der Waals surface area contributed by atoms with Crippen LogP contribution in [-0.2, 0) is 9.59 Å². The molecule has 11 nitrogen and oxygen atoms in total. The molecule has 0 aliphatic carbocycles. The summed E-state index contributed by atoms with van der Waals surface area (Å²) >= 11 is 0. The molecule has 0 heterocycles. The van der Waals surface area contributed by atoms with Gasteiger partial charge in [0.15, 0.2) is 12.1 Å². The van der Waals surface area contributed by atoms with E-state index in [1.54, 1.807) is 0 Å². The van der Waals surface area contributed by atoms with Gasteiger partial charge < -0.3 is 50.8 Å². The Morgan fingerprint density at radius 1 is 0.818 bits per heavy atom. The molecule has 0 unspecified atom stereocenters. The first-order valence-electron chi connectivity index (χ1n) is 6.06. The molecular weight excluding hydrogens is 308 g/mol. The van der Waals surface area contributed by atoms with Crippen LogP contribution in [0.3, 0.4) is 0 Å². The van der Waals surface area contributed by atoms with Gasteiger partial charge in [0, 0.05) is 0 Å². The molecule has 0 spiro atoms. The number of hydrogen-bond acceptors (Lipinski definition) is 11. The molecule has 0 saturated carbocycles. The van der Waals surface area contributed by atoms with E-state index in [0.29, 0.717) is 0 Å². The standard InChI is InChI=1S/C6H12O6.C5H10O5/c7-1-3(9)5(11)6(12)4(10)2-8;6-1-3(8)5(10)4(9)2-7/h1,3-6,8-12H,2H2;3,5-8,10H,1-2H2/t3-,4+,5+,6+;3-,5+/m01/s1. The van der Waals surface area contributed by atoms with Crippen molar-refractivity contribution in [2.45, 2.75) is 36.6 Å². The van der Waals surface area contributed by atoms with E-state index in [4.69, 9.17) is 46.0 Å². The minimum atomic E-state index is -1.79. The smallest absolute Gasteiger partial charge is 0.189 e. The normalized spacial score (nSPS) is 19.0. The van der Waals surface area contributed by atoms with E-state index in [9.17, 15) is 9.59 Å². The van der Waals surface area contributed by atoms with Crippen molar-refractivity contribution in [2.24, 2.45) is 0 Å². The van der Waals surface area contributed by atoms with E-state index in [2.05, 4.69) is 0 Å². The molecule has 6 atom stereocenters. The van der Waals surface area contributed by atoms with Crippen LogP contribution in [0.5, 0.6) is 0 Å². The molecule has 0 aromatic carbocycles. The highest BCUT2D eigenvalue weighted by Gasteiger charge is 2.29. The van der Waals surface area contributed by atoms with Crippen LogP contribution in [0, 0.1) is 0 Å². The fourth-order valence-electron chi connectivity index (χ4n) is 1.03.